The van der Waals surface area contributed by atoms with Gasteiger partial charge < -0.3 is 11.1 Å². The van der Waals surface area contributed by atoms with Crippen LogP contribution >= 0.6 is 24.0 Å². The first-order valence-electron chi connectivity index (χ1n) is 5.89. The van der Waals surface area contributed by atoms with Gasteiger partial charge in [0, 0.05) is 22.7 Å². The summed E-state index contributed by atoms with van der Waals surface area (Å²) >= 11 is 5.91. The number of anilines is 1. The molecule has 2 unspecified atom stereocenters. The second-order valence-electron chi connectivity index (χ2n) is 4.72. The molecule has 0 aliphatic heterocycles. The molecule has 1 fully saturated rings. The lowest BCUT2D eigenvalue weighted by atomic mass is 10.1. The highest BCUT2D eigenvalue weighted by atomic mass is 35.5. The van der Waals surface area contributed by atoms with E-state index in [0.29, 0.717) is 5.02 Å². The SMILES string of the molecule is Cc1ccc(Cl)cc1NC(=O)C1CCC(N)C1.Cl. The lowest BCUT2D eigenvalue weighted by Gasteiger charge is -2.12. The van der Waals surface area contributed by atoms with Gasteiger partial charge in [0.15, 0.2) is 0 Å². The van der Waals surface area contributed by atoms with E-state index in [2.05, 4.69) is 5.32 Å². The summed E-state index contributed by atoms with van der Waals surface area (Å²) in [6, 6.07) is 5.67. The van der Waals surface area contributed by atoms with Gasteiger partial charge >= 0.3 is 0 Å². The van der Waals surface area contributed by atoms with Crippen molar-refractivity contribution in [2.75, 3.05) is 5.32 Å². The Balaban J connectivity index is 0.00000162. The Hall–Kier alpha value is -0.770. The maximum Gasteiger partial charge on any atom is 0.227 e. The molecule has 1 aromatic rings. The van der Waals surface area contributed by atoms with Crippen LogP contribution < -0.4 is 11.1 Å². The van der Waals surface area contributed by atoms with Crippen molar-refractivity contribution in [3.63, 3.8) is 0 Å². The van der Waals surface area contributed by atoms with Crippen LogP contribution in [0.1, 0.15) is 24.8 Å². The van der Waals surface area contributed by atoms with Gasteiger partial charge in [0.25, 0.3) is 0 Å². The van der Waals surface area contributed by atoms with Crippen LogP contribution in [0.5, 0.6) is 0 Å². The van der Waals surface area contributed by atoms with Gasteiger partial charge in [0.2, 0.25) is 5.91 Å². The molecule has 0 saturated heterocycles. The van der Waals surface area contributed by atoms with Gasteiger partial charge in [-0.2, -0.15) is 0 Å². The molecule has 2 rings (SSSR count). The van der Waals surface area contributed by atoms with Gasteiger partial charge in [-0.25, -0.2) is 0 Å². The predicted molar refractivity (Wildman–Crippen MR) is 77.4 cm³/mol. The molecule has 1 aliphatic rings. The van der Waals surface area contributed by atoms with Crippen molar-refractivity contribution in [2.24, 2.45) is 11.7 Å². The highest BCUT2D eigenvalue weighted by Gasteiger charge is 2.27. The summed E-state index contributed by atoms with van der Waals surface area (Å²) in [5.41, 5.74) is 7.62. The molecule has 3 N–H and O–H groups in total. The Bertz CT molecular complexity index is 437. The molecule has 0 bridgehead atoms. The van der Waals surface area contributed by atoms with Gasteiger partial charge in [-0.1, -0.05) is 17.7 Å². The first kappa shape index (κ1) is 15.3. The van der Waals surface area contributed by atoms with Crippen LogP contribution in [0.2, 0.25) is 5.02 Å². The van der Waals surface area contributed by atoms with Crippen LogP contribution in [0.15, 0.2) is 18.2 Å². The molecule has 1 amide bonds. The number of nitrogens with two attached hydrogens (primary N) is 1. The third kappa shape index (κ3) is 3.61. The summed E-state index contributed by atoms with van der Waals surface area (Å²) in [5.74, 6) is 0.103. The van der Waals surface area contributed by atoms with Crippen LogP contribution in [-0.4, -0.2) is 11.9 Å². The molecule has 0 spiro atoms. The van der Waals surface area contributed by atoms with E-state index in [1.165, 1.54) is 0 Å². The Morgan fingerprint density at radius 2 is 2.17 bits per heavy atom. The molecule has 0 heterocycles. The smallest absolute Gasteiger partial charge is 0.227 e. The van der Waals surface area contributed by atoms with E-state index in [1.807, 2.05) is 19.1 Å². The highest BCUT2D eigenvalue weighted by Crippen LogP contribution is 2.27. The zero-order valence-corrected chi connectivity index (χ0v) is 11.9. The number of hydrogen-bond donors (Lipinski definition) is 2. The van der Waals surface area contributed by atoms with Crippen molar-refractivity contribution in [2.45, 2.75) is 32.2 Å². The topological polar surface area (TPSA) is 55.1 Å². The standard InChI is InChI=1S/C13H17ClN2O.ClH/c1-8-2-4-10(14)7-12(8)16-13(17)9-3-5-11(15)6-9;/h2,4,7,9,11H,3,5-6,15H2,1H3,(H,16,17);1H. The molecule has 18 heavy (non-hydrogen) atoms. The average Bonchev–Trinajstić information content (AvgIpc) is 2.70. The number of carbonyl (C=O) groups excluding carboxylic acids is 1. The van der Waals surface area contributed by atoms with Crippen molar-refractivity contribution >= 4 is 35.6 Å². The number of benzene rings is 1. The quantitative estimate of drug-likeness (QED) is 0.878. The number of amides is 1. The molecular formula is C13H18Cl2N2O. The molecule has 0 radical (unpaired) electrons. The Kier molecular flexibility index (Phi) is 5.45. The lowest BCUT2D eigenvalue weighted by molar-refractivity contribution is -0.119. The van der Waals surface area contributed by atoms with Gasteiger partial charge in [-0.05, 0) is 43.9 Å². The van der Waals surface area contributed by atoms with E-state index >= 15 is 0 Å². The molecule has 3 nitrogen and oxygen atoms in total. The van der Waals surface area contributed by atoms with Crippen LogP contribution in [0.3, 0.4) is 0 Å². The van der Waals surface area contributed by atoms with E-state index < -0.39 is 0 Å². The summed E-state index contributed by atoms with van der Waals surface area (Å²) in [6.45, 7) is 1.95. The fourth-order valence-electron chi connectivity index (χ4n) is 2.22. The Morgan fingerprint density at radius 3 is 2.78 bits per heavy atom. The summed E-state index contributed by atoms with van der Waals surface area (Å²) in [5, 5.41) is 3.57. The average molecular weight is 289 g/mol. The summed E-state index contributed by atoms with van der Waals surface area (Å²) in [6.07, 6.45) is 2.60. The molecule has 1 saturated carbocycles. The van der Waals surface area contributed by atoms with E-state index in [-0.39, 0.29) is 30.3 Å². The predicted octanol–water partition coefficient (Wildman–Crippen LogP) is 3.14. The van der Waals surface area contributed by atoms with Crippen molar-refractivity contribution in [3.05, 3.63) is 28.8 Å². The number of nitrogens with one attached hydrogen (secondary N) is 1. The van der Waals surface area contributed by atoms with Crippen LogP contribution in [0, 0.1) is 12.8 Å². The molecule has 1 aromatic carbocycles. The fourth-order valence-corrected chi connectivity index (χ4v) is 2.39. The molecular weight excluding hydrogens is 271 g/mol. The molecule has 100 valence electrons. The summed E-state index contributed by atoms with van der Waals surface area (Å²) < 4.78 is 0. The zero-order chi connectivity index (χ0) is 12.4. The van der Waals surface area contributed by atoms with Gasteiger partial charge in [0.1, 0.15) is 0 Å². The lowest BCUT2D eigenvalue weighted by Crippen LogP contribution is -2.23. The number of halogens is 2. The first-order chi connectivity index (χ1) is 8.06. The highest BCUT2D eigenvalue weighted by molar-refractivity contribution is 6.31. The number of rotatable bonds is 2. The monoisotopic (exact) mass is 288 g/mol. The normalized spacial score (nSPS) is 22.4. The fraction of sp³-hybridized carbons (Fsp3) is 0.462. The van der Waals surface area contributed by atoms with Crippen LogP contribution in [0.4, 0.5) is 5.69 Å². The van der Waals surface area contributed by atoms with Crippen LogP contribution in [0.25, 0.3) is 0 Å². The molecule has 2 atom stereocenters. The minimum Gasteiger partial charge on any atom is -0.328 e. The summed E-state index contributed by atoms with van der Waals surface area (Å²) in [4.78, 5) is 12.0. The second-order valence-corrected chi connectivity index (χ2v) is 5.15. The summed E-state index contributed by atoms with van der Waals surface area (Å²) in [7, 11) is 0. The maximum atomic E-state index is 12.0. The molecule has 1 aliphatic carbocycles. The third-order valence-corrected chi connectivity index (χ3v) is 3.54. The largest absolute Gasteiger partial charge is 0.328 e. The van der Waals surface area contributed by atoms with E-state index in [9.17, 15) is 4.79 Å². The number of hydrogen-bond acceptors (Lipinski definition) is 2. The van der Waals surface area contributed by atoms with Gasteiger partial charge in [-0.15, -0.1) is 12.4 Å². The Morgan fingerprint density at radius 1 is 1.44 bits per heavy atom. The van der Waals surface area contributed by atoms with E-state index in [1.54, 1.807) is 6.07 Å². The van der Waals surface area contributed by atoms with Crippen molar-refractivity contribution in [3.8, 4) is 0 Å². The Labute approximate surface area is 118 Å². The number of aryl methyl sites for hydroxylation is 1. The van der Waals surface area contributed by atoms with E-state index in [0.717, 1.165) is 30.5 Å². The second kappa shape index (κ2) is 6.41. The van der Waals surface area contributed by atoms with Crippen molar-refractivity contribution in [1.82, 2.24) is 0 Å². The van der Waals surface area contributed by atoms with E-state index in [4.69, 9.17) is 17.3 Å². The third-order valence-electron chi connectivity index (χ3n) is 3.30. The minimum atomic E-state index is 0. The maximum absolute atomic E-state index is 12.0. The van der Waals surface area contributed by atoms with Crippen molar-refractivity contribution in [1.29, 1.82) is 0 Å². The van der Waals surface area contributed by atoms with Gasteiger partial charge in [-0.3, -0.25) is 4.79 Å². The van der Waals surface area contributed by atoms with Crippen LogP contribution in [-0.2, 0) is 4.79 Å². The first-order valence-corrected chi connectivity index (χ1v) is 6.26. The van der Waals surface area contributed by atoms with Gasteiger partial charge in [0.05, 0.1) is 0 Å². The minimum absolute atomic E-state index is 0. The molecule has 5 heteroatoms. The number of carbonyl (C=O) groups is 1. The zero-order valence-electron chi connectivity index (χ0n) is 10.3. The molecule has 0 aromatic heterocycles. The van der Waals surface area contributed by atoms with Crippen molar-refractivity contribution < 1.29 is 4.79 Å².